The Balaban J connectivity index is 1.53. The molecule has 4 rings (SSSR count). The third-order valence-corrected chi connectivity index (χ3v) is 5.97. The van der Waals surface area contributed by atoms with Gasteiger partial charge in [-0.25, -0.2) is 9.59 Å². The first-order valence-corrected chi connectivity index (χ1v) is 10.8. The lowest BCUT2D eigenvalue weighted by Gasteiger charge is -2.09. The fourth-order valence-corrected chi connectivity index (χ4v) is 4.12. The monoisotopic (exact) mass is 481 g/mol. The van der Waals surface area contributed by atoms with Crippen LogP contribution in [0.5, 0.6) is 0 Å². The van der Waals surface area contributed by atoms with Crippen molar-refractivity contribution in [2.24, 2.45) is 0 Å². The molecule has 0 radical (unpaired) electrons. The summed E-state index contributed by atoms with van der Waals surface area (Å²) < 4.78 is 20.6. The first kappa shape index (κ1) is 23.1. The van der Waals surface area contributed by atoms with Crippen LogP contribution in [0.1, 0.15) is 38.0 Å². The normalized spacial score (nSPS) is 14.7. The largest absolute Gasteiger partial charge is 0.465 e. The highest BCUT2D eigenvalue weighted by Crippen LogP contribution is 2.35. The molecule has 0 aliphatic carbocycles. The van der Waals surface area contributed by atoms with Crippen LogP contribution in [-0.2, 0) is 20.8 Å². The summed E-state index contributed by atoms with van der Waals surface area (Å²) in [5, 5.41) is -0.472. The molecule has 0 unspecified atom stereocenters. The second kappa shape index (κ2) is 9.44. The third-order valence-electron chi connectivity index (χ3n) is 5.06. The molecule has 0 atom stereocenters. The van der Waals surface area contributed by atoms with Gasteiger partial charge in [-0.1, -0.05) is 6.07 Å². The minimum absolute atomic E-state index is 0.0188. The number of nitrogens with zero attached hydrogens (tertiary/aromatic N) is 1. The summed E-state index contributed by atoms with van der Waals surface area (Å²) in [4.78, 5) is 49.8. The number of carbonyl (C=O) groups excluding carboxylic acids is 4. The molecule has 3 aromatic rings. The molecule has 9 nitrogen and oxygen atoms in total. The number of benzene rings is 1. The molecule has 174 valence electrons. The van der Waals surface area contributed by atoms with Crippen molar-refractivity contribution in [2.75, 3.05) is 14.2 Å². The van der Waals surface area contributed by atoms with E-state index in [0.29, 0.717) is 22.6 Å². The molecule has 1 saturated heterocycles. The highest BCUT2D eigenvalue weighted by molar-refractivity contribution is 8.18. The van der Waals surface area contributed by atoms with Crippen LogP contribution in [0, 0.1) is 6.92 Å². The number of ether oxygens (including phenoxy) is 2. The van der Waals surface area contributed by atoms with Gasteiger partial charge in [-0.15, -0.1) is 0 Å². The number of hydrogen-bond acceptors (Lipinski definition) is 9. The van der Waals surface area contributed by atoms with Crippen LogP contribution in [-0.4, -0.2) is 42.2 Å². The molecule has 0 bridgehead atoms. The molecule has 1 aromatic carbocycles. The van der Waals surface area contributed by atoms with Crippen LogP contribution in [0.15, 0.2) is 56.2 Å². The molecule has 2 aromatic heterocycles. The second-order valence-electron chi connectivity index (χ2n) is 7.25. The minimum Gasteiger partial charge on any atom is -0.465 e. The van der Waals surface area contributed by atoms with Gasteiger partial charge in [0, 0.05) is 11.6 Å². The predicted octanol–water partition coefficient (Wildman–Crippen LogP) is 4.66. The van der Waals surface area contributed by atoms with Gasteiger partial charge in [0.25, 0.3) is 11.1 Å². The average molecular weight is 481 g/mol. The first-order valence-electron chi connectivity index (χ1n) is 10.0. The summed E-state index contributed by atoms with van der Waals surface area (Å²) in [6.07, 6.45) is 1.48. The Morgan fingerprint density at radius 3 is 2.50 bits per heavy atom. The lowest BCUT2D eigenvalue weighted by atomic mass is 10.0. The van der Waals surface area contributed by atoms with Crippen molar-refractivity contribution in [3.63, 3.8) is 0 Å². The quantitative estimate of drug-likeness (QED) is 0.366. The van der Waals surface area contributed by atoms with E-state index >= 15 is 0 Å². The van der Waals surface area contributed by atoms with Gasteiger partial charge in [0.15, 0.2) is 0 Å². The zero-order valence-electron chi connectivity index (χ0n) is 18.4. The van der Waals surface area contributed by atoms with Crippen LogP contribution in [0.2, 0.25) is 0 Å². The van der Waals surface area contributed by atoms with Crippen molar-refractivity contribution in [2.45, 2.75) is 13.5 Å². The van der Waals surface area contributed by atoms with E-state index in [1.165, 1.54) is 32.4 Å². The van der Waals surface area contributed by atoms with E-state index in [1.807, 2.05) is 6.92 Å². The van der Waals surface area contributed by atoms with Crippen LogP contribution in [0.25, 0.3) is 17.4 Å². The van der Waals surface area contributed by atoms with Crippen LogP contribution in [0.4, 0.5) is 4.79 Å². The Bertz CT molecular complexity index is 1330. The smallest absolute Gasteiger partial charge is 0.373 e. The number of esters is 2. The third kappa shape index (κ3) is 4.53. The molecule has 0 N–H and O–H groups in total. The van der Waals surface area contributed by atoms with Crippen molar-refractivity contribution in [3.8, 4) is 11.3 Å². The van der Waals surface area contributed by atoms with E-state index in [2.05, 4.69) is 4.74 Å². The first-order chi connectivity index (χ1) is 16.3. The lowest BCUT2D eigenvalue weighted by molar-refractivity contribution is -0.123. The number of carbonyl (C=O) groups is 4. The SMILES string of the molecule is COC(=O)c1ccc(C)c(-c2ccc(C=C3SC(=O)N(Cc4ccc(C(=O)OC)o4)C3=O)o2)c1. The van der Waals surface area contributed by atoms with Gasteiger partial charge >= 0.3 is 11.9 Å². The number of furan rings is 2. The summed E-state index contributed by atoms with van der Waals surface area (Å²) in [7, 11) is 2.53. The van der Waals surface area contributed by atoms with E-state index in [-0.39, 0.29) is 23.0 Å². The summed E-state index contributed by atoms with van der Waals surface area (Å²) in [6.45, 7) is 1.76. The van der Waals surface area contributed by atoms with E-state index in [1.54, 1.807) is 30.3 Å². The number of hydrogen-bond donors (Lipinski definition) is 0. The van der Waals surface area contributed by atoms with Gasteiger partial charge in [0.2, 0.25) is 5.76 Å². The van der Waals surface area contributed by atoms with Gasteiger partial charge in [0.05, 0.1) is 31.2 Å². The second-order valence-corrected chi connectivity index (χ2v) is 8.24. The standard InChI is InChI=1S/C24H19NO8S/c1-13-4-5-14(22(27)30-2)10-17(13)18-8-6-15(32-18)11-20-21(26)25(24(29)34-20)12-16-7-9-19(33-16)23(28)31-3/h4-11H,12H2,1-3H3. The maximum atomic E-state index is 12.8. The van der Waals surface area contributed by atoms with Gasteiger partial charge in [-0.3, -0.25) is 14.5 Å². The van der Waals surface area contributed by atoms with Gasteiger partial charge in [0.1, 0.15) is 17.3 Å². The van der Waals surface area contributed by atoms with Gasteiger partial charge in [-0.2, -0.15) is 0 Å². The van der Waals surface area contributed by atoms with Crippen molar-refractivity contribution in [1.29, 1.82) is 0 Å². The molecular formula is C24H19NO8S. The molecular weight excluding hydrogens is 462 g/mol. The van der Waals surface area contributed by atoms with E-state index in [4.69, 9.17) is 13.6 Å². The summed E-state index contributed by atoms with van der Waals surface area (Å²) >= 11 is 0.775. The van der Waals surface area contributed by atoms with Crippen LogP contribution >= 0.6 is 11.8 Å². The van der Waals surface area contributed by atoms with Crippen molar-refractivity contribution >= 4 is 40.9 Å². The molecule has 34 heavy (non-hydrogen) atoms. The zero-order valence-corrected chi connectivity index (χ0v) is 19.3. The highest BCUT2D eigenvalue weighted by atomic mass is 32.2. The van der Waals surface area contributed by atoms with Gasteiger partial charge in [-0.05, 0) is 60.6 Å². The van der Waals surface area contributed by atoms with Crippen molar-refractivity contribution in [1.82, 2.24) is 4.90 Å². The van der Waals surface area contributed by atoms with Crippen LogP contribution < -0.4 is 0 Å². The number of amides is 2. The van der Waals surface area contributed by atoms with Crippen LogP contribution in [0.3, 0.4) is 0 Å². The number of thioether (sulfide) groups is 1. The Labute approximate surface area is 198 Å². The number of aryl methyl sites for hydroxylation is 1. The zero-order chi connectivity index (χ0) is 24.4. The maximum Gasteiger partial charge on any atom is 0.373 e. The fraction of sp³-hybridized carbons (Fsp3) is 0.167. The minimum atomic E-state index is -0.652. The Kier molecular flexibility index (Phi) is 6.42. The summed E-state index contributed by atoms with van der Waals surface area (Å²) in [6, 6.07) is 11.4. The van der Waals surface area contributed by atoms with Crippen molar-refractivity contribution < 1.29 is 37.5 Å². The predicted molar refractivity (Wildman–Crippen MR) is 122 cm³/mol. The van der Waals surface area contributed by atoms with Gasteiger partial charge < -0.3 is 18.3 Å². The molecule has 10 heteroatoms. The molecule has 2 amide bonds. The molecule has 3 heterocycles. The average Bonchev–Trinajstić information content (AvgIpc) is 3.55. The topological polar surface area (TPSA) is 116 Å². The number of methoxy groups -OCH3 is 2. The van der Waals surface area contributed by atoms with Crippen molar-refractivity contribution in [3.05, 3.63) is 75.8 Å². The summed E-state index contributed by atoms with van der Waals surface area (Å²) in [5.74, 6) is -0.500. The Hall–Kier alpha value is -4.05. The highest BCUT2D eigenvalue weighted by Gasteiger charge is 2.36. The lowest BCUT2D eigenvalue weighted by Crippen LogP contribution is -2.27. The van der Waals surface area contributed by atoms with E-state index < -0.39 is 23.1 Å². The summed E-state index contributed by atoms with van der Waals surface area (Å²) in [5.41, 5.74) is 1.98. The number of rotatable bonds is 6. The van der Waals surface area contributed by atoms with E-state index in [9.17, 15) is 19.2 Å². The molecule has 0 spiro atoms. The number of imide groups is 1. The Morgan fingerprint density at radius 1 is 1.00 bits per heavy atom. The molecule has 0 saturated carbocycles. The maximum absolute atomic E-state index is 12.8. The molecule has 1 aliphatic rings. The fourth-order valence-electron chi connectivity index (χ4n) is 3.30. The Morgan fingerprint density at radius 2 is 1.76 bits per heavy atom. The molecule has 1 fully saturated rings. The van der Waals surface area contributed by atoms with E-state index in [0.717, 1.165) is 22.2 Å². The molecule has 1 aliphatic heterocycles.